The normalized spacial score (nSPS) is 22.0. The number of hydrogen-bond acceptors (Lipinski definition) is 5. The van der Waals surface area contributed by atoms with Crippen LogP contribution >= 0.6 is 0 Å². The van der Waals surface area contributed by atoms with Gasteiger partial charge in [-0.15, -0.1) is 0 Å². The zero-order valence-electron chi connectivity index (χ0n) is 15.2. The van der Waals surface area contributed by atoms with E-state index in [9.17, 15) is 4.79 Å². The second-order valence-corrected chi connectivity index (χ2v) is 6.89. The largest absolute Gasteiger partial charge is 0.378 e. The van der Waals surface area contributed by atoms with Crippen LogP contribution in [0.4, 0.5) is 5.69 Å². The van der Waals surface area contributed by atoms with Crippen LogP contribution in [0.5, 0.6) is 0 Å². The molecule has 2 heterocycles. The van der Waals surface area contributed by atoms with Gasteiger partial charge in [0.05, 0.1) is 13.2 Å². The first kappa shape index (κ1) is 18.2. The summed E-state index contributed by atoms with van der Waals surface area (Å²) in [7, 11) is 0. The molecule has 2 N–H and O–H groups in total. The maximum absolute atomic E-state index is 12.0. The van der Waals surface area contributed by atoms with Crippen LogP contribution in [0.1, 0.15) is 12.0 Å². The topological polar surface area (TPSA) is 56.8 Å². The number of carbonyl (C=O) groups excluding carboxylic acids is 1. The zero-order valence-corrected chi connectivity index (χ0v) is 15.2. The monoisotopic (exact) mass is 346 g/mol. The third-order valence-electron chi connectivity index (χ3n) is 4.93. The summed E-state index contributed by atoms with van der Waals surface area (Å²) in [6, 6.07) is 8.54. The number of morpholine rings is 1. The molecule has 0 aliphatic carbocycles. The standard InChI is InChI=1S/C19H30N4O2/c1-16-4-2-5-17(14-16)23-11-9-22(10-12-23)8-3-6-21-19(24)18-15-25-13-7-20-18/h2,4-5,14,18,20H,3,6-13,15H2,1H3,(H,21,24). The molecule has 2 fully saturated rings. The molecule has 25 heavy (non-hydrogen) atoms. The number of benzene rings is 1. The molecule has 1 aromatic rings. The second-order valence-electron chi connectivity index (χ2n) is 6.89. The Labute approximate surface area is 150 Å². The van der Waals surface area contributed by atoms with Crippen molar-refractivity contribution < 1.29 is 9.53 Å². The highest BCUT2D eigenvalue weighted by molar-refractivity contribution is 5.81. The molecule has 1 unspecified atom stereocenters. The number of piperazine rings is 1. The molecule has 2 aliphatic heterocycles. The van der Waals surface area contributed by atoms with Crippen LogP contribution in [-0.4, -0.2) is 75.9 Å². The second kappa shape index (κ2) is 9.17. The lowest BCUT2D eigenvalue weighted by Gasteiger charge is -2.36. The fourth-order valence-corrected chi connectivity index (χ4v) is 3.43. The highest BCUT2D eigenvalue weighted by Crippen LogP contribution is 2.17. The Kier molecular flexibility index (Phi) is 6.67. The number of hydrogen-bond donors (Lipinski definition) is 2. The van der Waals surface area contributed by atoms with Crippen LogP contribution in [0.3, 0.4) is 0 Å². The fraction of sp³-hybridized carbons (Fsp3) is 0.632. The van der Waals surface area contributed by atoms with Crippen LogP contribution in [0.25, 0.3) is 0 Å². The Bertz CT molecular complexity index is 552. The van der Waals surface area contributed by atoms with E-state index in [0.29, 0.717) is 13.2 Å². The van der Waals surface area contributed by atoms with E-state index in [1.54, 1.807) is 0 Å². The average molecular weight is 346 g/mol. The molecule has 2 saturated heterocycles. The van der Waals surface area contributed by atoms with Crippen LogP contribution < -0.4 is 15.5 Å². The van der Waals surface area contributed by atoms with E-state index in [4.69, 9.17) is 4.74 Å². The van der Waals surface area contributed by atoms with Crippen molar-refractivity contribution in [2.75, 3.05) is 63.9 Å². The zero-order chi connectivity index (χ0) is 17.5. The van der Waals surface area contributed by atoms with Gasteiger partial charge in [-0.1, -0.05) is 12.1 Å². The minimum atomic E-state index is -0.188. The number of amides is 1. The molecular weight excluding hydrogens is 316 g/mol. The van der Waals surface area contributed by atoms with Gasteiger partial charge in [-0.3, -0.25) is 9.69 Å². The molecule has 6 heteroatoms. The Balaban J connectivity index is 1.31. The predicted octanol–water partition coefficient (Wildman–Crippen LogP) is 0.612. The lowest BCUT2D eigenvalue weighted by molar-refractivity contribution is -0.125. The van der Waals surface area contributed by atoms with Crippen molar-refractivity contribution in [1.82, 2.24) is 15.5 Å². The van der Waals surface area contributed by atoms with Crippen molar-refractivity contribution in [3.05, 3.63) is 29.8 Å². The summed E-state index contributed by atoms with van der Waals surface area (Å²) in [5, 5.41) is 6.19. The summed E-state index contributed by atoms with van der Waals surface area (Å²) >= 11 is 0. The molecule has 2 aliphatic rings. The van der Waals surface area contributed by atoms with Crippen LogP contribution in [0.2, 0.25) is 0 Å². The van der Waals surface area contributed by atoms with Crippen molar-refractivity contribution in [3.63, 3.8) is 0 Å². The first-order valence-electron chi connectivity index (χ1n) is 9.35. The Morgan fingerprint density at radius 2 is 2.16 bits per heavy atom. The van der Waals surface area contributed by atoms with Gasteiger partial charge in [0.15, 0.2) is 0 Å². The van der Waals surface area contributed by atoms with Gasteiger partial charge in [0, 0.05) is 45.0 Å². The van der Waals surface area contributed by atoms with Gasteiger partial charge in [-0.2, -0.15) is 0 Å². The van der Waals surface area contributed by atoms with E-state index in [0.717, 1.165) is 52.2 Å². The molecule has 1 aromatic carbocycles. The number of carbonyl (C=O) groups is 1. The molecule has 6 nitrogen and oxygen atoms in total. The van der Waals surface area contributed by atoms with E-state index >= 15 is 0 Å². The Hall–Kier alpha value is -1.63. The van der Waals surface area contributed by atoms with Crippen molar-refractivity contribution in [1.29, 1.82) is 0 Å². The number of aryl methyl sites for hydroxylation is 1. The minimum Gasteiger partial charge on any atom is -0.378 e. The van der Waals surface area contributed by atoms with Crippen molar-refractivity contribution in [2.45, 2.75) is 19.4 Å². The molecule has 1 amide bonds. The van der Waals surface area contributed by atoms with Gasteiger partial charge >= 0.3 is 0 Å². The van der Waals surface area contributed by atoms with Crippen molar-refractivity contribution in [2.24, 2.45) is 0 Å². The lowest BCUT2D eigenvalue weighted by atomic mass is 10.2. The van der Waals surface area contributed by atoms with Crippen LogP contribution in [0.15, 0.2) is 24.3 Å². The molecule has 0 spiro atoms. The highest BCUT2D eigenvalue weighted by Gasteiger charge is 2.21. The number of nitrogens with zero attached hydrogens (tertiary/aromatic N) is 2. The van der Waals surface area contributed by atoms with Gasteiger partial charge in [0.25, 0.3) is 0 Å². The van der Waals surface area contributed by atoms with E-state index in [-0.39, 0.29) is 11.9 Å². The van der Waals surface area contributed by atoms with Crippen molar-refractivity contribution in [3.8, 4) is 0 Å². The smallest absolute Gasteiger partial charge is 0.239 e. The molecule has 0 bridgehead atoms. The number of anilines is 1. The summed E-state index contributed by atoms with van der Waals surface area (Å²) < 4.78 is 5.32. The number of nitrogens with one attached hydrogen (secondary N) is 2. The minimum absolute atomic E-state index is 0.0592. The first-order chi connectivity index (χ1) is 12.2. The van der Waals surface area contributed by atoms with Gasteiger partial charge in [-0.05, 0) is 37.6 Å². The molecule has 0 saturated carbocycles. The van der Waals surface area contributed by atoms with E-state index in [2.05, 4.69) is 51.6 Å². The molecule has 1 atom stereocenters. The van der Waals surface area contributed by atoms with E-state index < -0.39 is 0 Å². The molecule has 0 aromatic heterocycles. The van der Waals surface area contributed by atoms with Crippen molar-refractivity contribution >= 4 is 11.6 Å². The Morgan fingerprint density at radius 3 is 2.88 bits per heavy atom. The summed E-state index contributed by atoms with van der Waals surface area (Å²) in [5.74, 6) is 0.0592. The molecule has 0 radical (unpaired) electrons. The average Bonchev–Trinajstić information content (AvgIpc) is 2.66. The molecule has 3 rings (SSSR count). The SMILES string of the molecule is Cc1cccc(N2CCN(CCCNC(=O)C3COCCN3)CC2)c1. The highest BCUT2D eigenvalue weighted by atomic mass is 16.5. The van der Waals surface area contributed by atoms with Gasteiger partial charge < -0.3 is 20.3 Å². The van der Waals surface area contributed by atoms with Gasteiger partial charge in [-0.25, -0.2) is 0 Å². The van der Waals surface area contributed by atoms with Crippen LogP contribution in [-0.2, 0) is 9.53 Å². The maximum Gasteiger partial charge on any atom is 0.239 e. The number of rotatable bonds is 6. The predicted molar refractivity (Wildman–Crippen MR) is 100 cm³/mol. The van der Waals surface area contributed by atoms with Gasteiger partial charge in [0.2, 0.25) is 5.91 Å². The first-order valence-corrected chi connectivity index (χ1v) is 9.35. The molecule has 138 valence electrons. The van der Waals surface area contributed by atoms with Gasteiger partial charge in [0.1, 0.15) is 6.04 Å². The van der Waals surface area contributed by atoms with Crippen LogP contribution in [0, 0.1) is 6.92 Å². The third kappa shape index (κ3) is 5.42. The summed E-state index contributed by atoms with van der Waals surface area (Å²) in [4.78, 5) is 16.9. The maximum atomic E-state index is 12.0. The van der Waals surface area contributed by atoms with E-state index in [1.165, 1.54) is 11.3 Å². The Morgan fingerprint density at radius 1 is 1.32 bits per heavy atom. The number of ether oxygens (including phenoxy) is 1. The fourth-order valence-electron chi connectivity index (χ4n) is 3.43. The van der Waals surface area contributed by atoms with E-state index in [1.807, 2.05) is 0 Å². The molecular formula is C19H30N4O2. The summed E-state index contributed by atoms with van der Waals surface area (Å²) in [6.07, 6.45) is 0.990. The quantitative estimate of drug-likeness (QED) is 0.740. The lowest BCUT2D eigenvalue weighted by Crippen LogP contribution is -2.51. The summed E-state index contributed by atoms with van der Waals surface area (Å²) in [6.45, 7) is 10.1. The third-order valence-corrected chi connectivity index (χ3v) is 4.93. The summed E-state index contributed by atoms with van der Waals surface area (Å²) in [5.41, 5.74) is 2.64.